The van der Waals surface area contributed by atoms with E-state index in [0.29, 0.717) is 5.69 Å². The van der Waals surface area contributed by atoms with Gasteiger partial charge in [0.25, 0.3) is 0 Å². The number of amides is 2. The van der Waals surface area contributed by atoms with Gasteiger partial charge in [0.15, 0.2) is 0 Å². The number of carbonyl (C=O) groups excluding carboxylic acids is 2. The van der Waals surface area contributed by atoms with Crippen molar-refractivity contribution < 1.29 is 14.3 Å². The number of carbonyl (C=O) groups is 2. The van der Waals surface area contributed by atoms with Crippen molar-refractivity contribution in [2.24, 2.45) is 11.8 Å². The second-order valence-corrected chi connectivity index (χ2v) is 5.91. The van der Waals surface area contributed by atoms with Gasteiger partial charge in [0.2, 0.25) is 11.8 Å². The van der Waals surface area contributed by atoms with Gasteiger partial charge in [-0.3, -0.25) is 9.59 Å². The number of imide groups is 1. The minimum atomic E-state index is -0.342. The molecule has 1 aromatic carbocycles. The fourth-order valence-corrected chi connectivity index (χ4v) is 3.41. The van der Waals surface area contributed by atoms with Crippen LogP contribution in [-0.4, -0.2) is 24.0 Å². The van der Waals surface area contributed by atoms with Crippen LogP contribution in [0.4, 0.5) is 5.69 Å². The Morgan fingerprint density at radius 1 is 0.947 bits per heavy atom. The first-order chi connectivity index (χ1) is 9.16. The zero-order chi connectivity index (χ0) is 13.1. The molecule has 0 N–H and O–H groups in total. The Morgan fingerprint density at radius 2 is 1.47 bits per heavy atom. The van der Waals surface area contributed by atoms with Crippen molar-refractivity contribution in [1.29, 1.82) is 0 Å². The fraction of sp³-hybridized carbons (Fsp3) is 0.286. The molecule has 3 heterocycles. The van der Waals surface area contributed by atoms with Crippen LogP contribution in [-0.2, 0) is 14.3 Å². The molecule has 3 aliphatic heterocycles. The number of nitrogens with zero attached hydrogens (tertiary/aromatic N) is 1. The molecule has 2 bridgehead atoms. The van der Waals surface area contributed by atoms with E-state index in [1.807, 2.05) is 24.3 Å². The van der Waals surface area contributed by atoms with Crippen LogP contribution in [0.15, 0.2) is 40.9 Å². The van der Waals surface area contributed by atoms with Crippen LogP contribution >= 0.6 is 15.9 Å². The number of anilines is 1. The molecule has 5 heteroatoms. The number of hydrogen-bond donors (Lipinski definition) is 0. The van der Waals surface area contributed by atoms with E-state index in [-0.39, 0.29) is 35.9 Å². The van der Waals surface area contributed by atoms with Crippen molar-refractivity contribution >= 4 is 33.4 Å². The quantitative estimate of drug-likeness (QED) is 0.586. The summed E-state index contributed by atoms with van der Waals surface area (Å²) in [7, 11) is 0. The maximum absolute atomic E-state index is 12.5. The molecule has 3 aliphatic rings. The van der Waals surface area contributed by atoms with E-state index in [4.69, 9.17) is 4.74 Å². The zero-order valence-corrected chi connectivity index (χ0v) is 11.4. The van der Waals surface area contributed by atoms with Crippen molar-refractivity contribution in [3.05, 3.63) is 40.9 Å². The molecule has 0 aliphatic carbocycles. The molecular weight excluding hydrogens is 310 g/mol. The molecule has 2 fully saturated rings. The van der Waals surface area contributed by atoms with Gasteiger partial charge < -0.3 is 4.74 Å². The highest BCUT2D eigenvalue weighted by Gasteiger charge is 2.60. The van der Waals surface area contributed by atoms with Crippen LogP contribution in [0.5, 0.6) is 0 Å². The van der Waals surface area contributed by atoms with E-state index in [1.54, 1.807) is 12.1 Å². The second kappa shape index (κ2) is 3.77. The van der Waals surface area contributed by atoms with E-state index in [0.717, 1.165) is 4.47 Å². The van der Waals surface area contributed by atoms with Crippen molar-refractivity contribution in [3.8, 4) is 0 Å². The van der Waals surface area contributed by atoms with Crippen molar-refractivity contribution in [3.63, 3.8) is 0 Å². The van der Waals surface area contributed by atoms with Crippen LogP contribution in [0.2, 0.25) is 0 Å². The van der Waals surface area contributed by atoms with Crippen LogP contribution in [0, 0.1) is 11.8 Å². The van der Waals surface area contributed by atoms with Crippen LogP contribution < -0.4 is 4.90 Å². The van der Waals surface area contributed by atoms with E-state index in [1.165, 1.54) is 4.90 Å². The van der Waals surface area contributed by atoms with E-state index < -0.39 is 0 Å². The Balaban J connectivity index is 1.74. The van der Waals surface area contributed by atoms with Crippen LogP contribution in [0.25, 0.3) is 0 Å². The lowest BCUT2D eigenvalue weighted by Gasteiger charge is -2.17. The highest BCUT2D eigenvalue weighted by Crippen LogP contribution is 2.46. The standard InChI is InChI=1S/C14H10BrNO3/c15-7-1-3-8(4-2-7)16-13(17)11-9-5-6-10(19-9)12(11)14(16)18/h1-6,9-12H/t9-,10-,11-,12-/m0/s1. The topological polar surface area (TPSA) is 46.6 Å². The lowest BCUT2D eigenvalue weighted by atomic mass is 9.85. The monoisotopic (exact) mass is 319 g/mol. The highest BCUT2D eigenvalue weighted by molar-refractivity contribution is 9.10. The zero-order valence-electron chi connectivity index (χ0n) is 9.82. The van der Waals surface area contributed by atoms with E-state index in [9.17, 15) is 9.59 Å². The summed E-state index contributed by atoms with van der Waals surface area (Å²) in [5.74, 6) is -0.972. The van der Waals surface area contributed by atoms with E-state index >= 15 is 0 Å². The molecule has 1 aromatic rings. The van der Waals surface area contributed by atoms with Crippen molar-refractivity contribution in [1.82, 2.24) is 0 Å². The minimum absolute atomic E-state index is 0.144. The van der Waals surface area contributed by atoms with Crippen molar-refractivity contribution in [2.75, 3.05) is 4.90 Å². The number of fused-ring (bicyclic) bond motifs is 5. The van der Waals surface area contributed by atoms with Gasteiger partial charge in [0.05, 0.1) is 29.7 Å². The van der Waals surface area contributed by atoms with Gasteiger partial charge in [-0.2, -0.15) is 0 Å². The summed E-state index contributed by atoms with van der Waals surface area (Å²) >= 11 is 3.34. The van der Waals surface area contributed by atoms with Gasteiger partial charge in [-0.25, -0.2) is 4.90 Å². The Hall–Kier alpha value is -1.46. The summed E-state index contributed by atoms with van der Waals surface area (Å²) in [4.78, 5) is 26.2. The van der Waals surface area contributed by atoms with E-state index in [2.05, 4.69) is 15.9 Å². The molecule has 4 nitrogen and oxygen atoms in total. The molecule has 0 saturated carbocycles. The molecule has 4 atom stereocenters. The van der Waals surface area contributed by atoms with Gasteiger partial charge in [0.1, 0.15) is 0 Å². The Labute approximate surface area is 118 Å². The third-order valence-corrected chi connectivity index (χ3v) is 4.52. The average molecular weight is 320 g/mol. The summed E-state index contributed by atoms with van der Waals surface area (Å²) in [5, 5.41) is 0. The SMILES string of the molecule is O=C1[C@@H]2[C@@H](C(=O)N1c1ccc(Br)cc1)[C@@H]1C=C[C@@H]2O1. The molecule has 96 valence electrons. The number of benzene rings is 1. The van der Waals surface area contributed by atoms with Crippen LogP contribution in [0.3, 0.4) is 0 Å². The fourth-order valence-electron chi connectivity index (χ4n) is 3.15. The Bertz CT molecular complexity index is 580. The molecule has 0 spiro atoms. The summed E-state index contributed by atoms with van der Waals surface area (Å²) < 4.78 is 6.51. The third kappa shape index (κ3) is 1.42. The molecule has 0 unspecified atom stereocenters. The maximum Gasteiger partial charge on any atom is 0.240 e. The molecule has 4 rings (SSSR count). The highest BCUT2D eigenvalue weighted by atomic mass is 79.9. The molecular formula is C14H10BrNO3. The molecule has 2 amide bonds. The molecule has 0 aromatic heterocycles. The number of ether oxygens (including phenoxy) is 1. The summed E-state index contributed by atoms with van der Waals surface area (Å²) in [6, 6.07) is 7.20. The summed E-state index contributed by atoms with van der Waals surface area (Å²) in [5.41, 5.74) is 0.631. The maximum atomic E-state index is 12.5. The first-order valence-electron chi connectivity index (χ1n) is 6.14. The minimum Gasteiger partial charge on any atom is -0.365 e. The smallest absolute Gasteiger partial charge is 0.240 e. The van der Waals surface area contributed by atoms with Crippen molar-refractivity contribution in [2.45, 2.75) is 12.2 Å². The lowest BCUT2D eigenvalue weighted by Crippen LogP contribution is -2.34. The second-order valence-electron chi connectivity index (χ2n) is 4.99. The summed E-state index contributed by atoms with van der Waals surface area (Å²) in [6.45, 7) is 0. The Morgan fingerprint density at radius 3 is 2.00 bits per heavy atom. The lowest BCUT2D eigenvalue weighted by molar-refractivity contribution is -0.124. The van der Waals surface area contributed by atoms with Gasteiger partial charge in [0, 0.05) is 4.47 Å². The predicted molar refractivity (Wildman–Crippen MR) is 71.4 cm³/mol. The Kier molecular flexibility index (Phi) is 2.26. The molecule has 0 radical (unpaired) electrons. The summed E-state index contributed by atoms with van der Waals surface area (Å²) in [6.07, 6.45) is 3.32. The number of hydrogen-bond acceptors (Lipinski definition) is 3. The first-order valence-corrected chi connectivity index (χ1v) is 6.93. The molecule has 2 saturated heterocycles. The average Bonchev–Trinajstić information content (AvgIpc) is 3.06. The van der Waals surface area contributed by atoms with Gasteiger partial charge >= 0.3 is 0 Å². The third-order valence-electron chi connectivity index (χ3n) is 4.00. The largest absolute Gasteiger partial charge is 0.365 e. The normalized spacial score (nSPS) is 35.3. The molecule has 19 heavy (non-hydrogen) atoms. The van der Waals surface area contributed by atoms with Gasteiger partial charge in [-0.05, 0) is 24.3 Å². The first kappa shape index (κ1) is 11.4. The van der Waals surface area contributed by atoms with Gasteiger partial charge in [-0.1, -0.05) is 28.1 Å². The van der Waals surface area contributed by atoms with Gasteiger partial charge in [-0.15, -0.1) is 0 Å². The predicted octanol–water partition coefficient (Wildman–Crippen LogP) is 1.89. The van der Waals surface area contributed by atoms with Crippen LogP contribution in [0.1, 0.15) is 0 Å². The number of halogens is 1. The number of rotatable bonds is 1.